The molecule has 7 nitrogen and oxygen atoms in total. The maximum atomic E-state index is 12.8. The number of ketones is 1. The average molecular weight is 445 g/mol. The zero-order valence-corrected chi connectivity index (χ0v) is 18.3. The van der Waals surface area contributed by atoms with E-state index in [1.165, 1.54) is 19.1 Å². The van der Waals surface area contributed by atoms with Gasteiger partial charge in [0.15, 0.2) is 17.3 Å². The van der Waals surface area contributed by atoms with Gasteiger partial charge in [-0.25, -0.2) is 9.59 Å². The number of hydrogen-bond donors (Lipinski definition) is 1. The molecule has 0 aliphatic carbocycles. The average Bonchev–Trinajstić information content (AvgIpc) is 2.82. The minimum atomic E-state index is -0.723. The number of carbonyl (C=O) groups excluding carboxylic acids is 4. The van der Waals surface area contributed by atoms with Crippen LogP contribution in [0, 0.1) is 0 Å². The Labute approximate surface area is 191 Å². The van der Waals surface area contributed by atoms with E-state index in [2.05, 4.69) is 5.32 Å². The van der Waals surface area contributed by atoms with Crippen molar-refractivity contribution in [3.8, 4) is 11.5 Å². The van der Waals surface area contributed by atoms with Gasteiger partial charge in [0.05, 0.1) is 16.7 Å². The largest absolute Gasteiger partial charge is 0.421 e. The van der Waals surface area contributed by atoms with E-state index in [9.17, 15) is 19.2 Å². The number of benzene rings is 3. The van der Waals surface area contributed by atoms with E-state index in [1.54, 1.807) is 60.7 Å². The second kappa shape index (κ2) is 10.9. The van der Waals surface area contributed by atoms with Gasteiger partial charge in [0.1, 0.15) is 5.69 Å². The van der Waals surface area contributed by atoms with E-state index in [4.69, 9.17) is 9.47 Å². The first-order valence-electron chi connectivity index (χ1n) is 10.4. The summed E-state index contributed by atoms with van der Waals surface area (Å²) in [5, 5.41) is 2.55. The maximum Gasteiger partial charge on any atom is 0.343 e. The number of ether oxygens (including phenoxy) is 2. The van der Waals surface area contributed by atoms with Crippen LogP contribution in [0.15, 0.2) is 72.8 Å². The van der Waals surface area contributed by atoms with Crippen LogP contribution in [-0.4, -0.2) is 23.6 Å². The SMILES string of the molecule is CCCC(=O)c1ccc(OC(=O)c2ccccc2)c(NC(C)=O)c1OC(=O)c1ccccc1. The van der Waals surface area contributed by atoms with E-state index in [0.717, 1.165) is 0 Å². The normalized spacial score (nSPS) is 10.2. The summed E-state index contributed by atoms with van der Waals surface area (Å²) in [5.41, 5.74) is 0.578. The highest BCUT2D eigenvalue weighted by Crippen LogP contribution is 2.39. The number of nitrogens with one attached hydrogen (secondary N) is 1. The van der Waals surface area contributed by atoms with Crippen molar-refractivity contribution in [2.75, 3.05) is 5.32 Å². The van der Waals surface area contributed by atoms with Crippen molar-refractivity contribution in [3.05, 3.63) is 89.5 Å². The summed E-state index contributed by atoms with van der Waals surface area (Å²) in [6.45, 7) is 3.10. The van der Waals surface area contributed by atoms with E-state index < -0.39 is 17.8 Å². The van der Waals surface area contributed by atoms with Crippen LogP contribution in [0.2, 0.25) is 0 Å². The number of esters is 2. The van der Waals surface area contributed by atoms with Crippen LogP contribution >= 0.6 is 0 Å². The third kappa shape index (κ3) is 5.92. The first kappa shape index (κ1) is 23.4. The molecule has 0 aliphatic heterocycles. The summed E-state index contributed by atoms with van der Waals surface area (Å²) in [5.74, 6) is -2.39. The Balaban J connectivity index is 2.09. The highest BCUT2D eigenvalue weighted by Gasteiger charge is 2.25. The molecule has 3 aromatic carbocycles. The molecule has 33 heavy (non-hydrogen) atoms. The van der Waals surface area contributed by atoms with E-state index >= 15 is 0 Å². The van der Waals surface area contributed by atoms with Crippen LogP contribution in [0.4, 0.5) is 5.69 Å². The molecule has 1 N–H and O–H groups in total. The van der Waals surface area contributed by atoms with Gasteiger partial charge in [0.25, 0.3) is 0 Å². The Hall–Kier alpha value is -4.26. The van der Waals surface area contributed by atoms with Crippen molar-refractivity contribution in [3.63, 3.8) is 0 Å². The number of carbonyl (C=O) groups is 4. The summed E-state index contributed by atoms with van der Waals surface area (Å²) < 4.78 is 11.1. The zero-order valence-electron chi connectivity index (χ0n) is 18.3. The molecule has 7 heteroatoms. The second-order valence-electron chi connectivity index (χ2n) is 7.18. The predicted octanol–water partition coefficient (Wildman–Crippen LogP) is 5.07. The lowest BCUT2D eigenvalue weighted by atomic mass is 10.0. The summed E-state index contributed by atoms with van der Waals surface area (Å²) in [4.78, 5) is 50.1. The third-order valence-electron chi connectivity index (χ3n) is 4.61. The van der Waals surface area contributed by atoms with Gasteiger partial charge in [0.2, 0.25) is 5.91 Å². The van der Waals surface area contributed by atoms with Crippen molar-refractivity contribution >= 4 is 29.3 Å². The Morgan fingerprint density at radius 1 is 0.758 bits per heavy atom. The van der Waals surface area contributed by atoms with Crippen molar-refractivity contribution < 1.29 is 28.7 Å². The Bertz CT molecular complexity index is 1170. The zero-order chi connectivity index (χ0) is 23.8. The summed E-state index contributed by atoms with van der Waals surface area (Å²) >= 11 is 0. The van der Waals surface area contributed by atoms with Gasteiger partial charge in [-0.15, -0.1) is 0 Å². The molecule has 0 bridgehead atoms. The van der Waals surface area contributed by atoms with Crippen LogP contribution in [0.1, 0.15) is 57.8 Å². The first-order chi connectivity index (χ1) is 15.9. The van der Waals surface area contributed by atoms with Gasteiger partial charge in [-0.1, -0.05) is 43.3 Å². The highest BCUT2D eigenvalue weighted by molar-refractivity contribution is 6.06. The topological polar surface area (TPSA) is 98.8 Å². The van der Waals surface area contributed by atoms with Crippen molar-refractivity contribution in [2.45, 2.75) is 26.7 Å². The molecule has 3 aromatic rings. The lowest BCUT2D eigenvalue weighted by molar-refractivity contribution is -0.114. The molecule has 0 radical (unpaired) electrons. The summed E-state index contributed by atoms with van der Waals surface area (Å²) in [6, 6.07) is 19.3. The van der Waals surface area contributed by atoms with E-state index in [1.807, 2.05) is 6.92 Å². The predicted molar refractivity (Wildman–Crippen MR) is 123 cm³/mol. The maximum absolute atomic E-state index is 12.8. The van der Waals surface area contributed by atoms with Crippen LogP contribution in [0.5, 0.6) is 11.5 Å². The molecule has 0 heterocycles. The number of anilines is 1. The van der Waals surface area contributed by atoms with Gasteiger partial charge in [0, 0.05) is 13.3 Å². The standard InChI is InChI=1S/C26H23NO6/c1-3-10-21(29)20-15-16-22(32-25(30)18-11-6-4-7-12-18)23(27-17(2)28)24(20)33-26(31)19-13-8-5-9-14-19/h4-9,11-16H,3,10H2,1-2H3,(H,27,28). The van der Waals surface area contributed by atoms with Gasteiger partial charge in [-0.2, -0.15) is 0 Å². The number of rotatable bonds is 8. The molecule has 0 saturated carbocycles. The quantitative estimate of drug-likeness (QED) is 0.295. The molecule has 0 fully saturated rings. The molecule has 0 spiro atoms. The minimum absolute atomic E-state index is 0.0528. The molecule has 1 amide bonds. The highest BCUT2D eigenvalue weighted by atomic mass is 16.5. The molecule has 0 saturated heterocycles. The molecule has 168 valence electrons. The van der Waals surface area contributed by atoms with Gasteiger partial charge in [-0.3, -0.25) is 9.59 Å². The molecule has 3 rings (SSSR count). The fourth-order valence-corrected chi connectivity index (χ4v) is 3.09. The number of hydrogen-bond acceptors (Lipinski definition) is 6. The van der Waals surface area contributed by atoms with Gasteiger partial charge < -0.3 is 14.8 Å². The lowest BCUT2D eigenvalue weighted by Gasteiger charge is -2.18. The van der Waals surface area contributed by atoms with Crippen molar-refractivity contribution in [1.82, 2.24) is 0 Å². The lowest BCUT2D eigenvalue weighted by Crippen LogP contribution is -2.17. The third-order valence-corrected chi connectivity index (χ3v) is 4.61. The molecule has 0 atom stereocenters. The van der Waals surface area contributed by atoms with Gasteiger partial charge in [-0.05, 0) is 42.8 Å². The fourth-order valence-electron chi connectivity index (χ4n) is 3.09. The molecular formula is C26H23NO6. The van der Waals surface area contributed by atoms with Crippen molar-refractivity contribution in [2.24, 2.45) is 0 Å². The van der Waals surface area contributed by atoms with Crippen LogP contribution in [0.25, 0.3) is 0 Å². The molecule has 0 aromatic heterocycles. The summed E-state index contributed by atoms with van der Waals surface area (Å²) in [7, 11) is 0. The number of amides is 1. The number of Topliss-reactive ketones (excluding diaryl/α,β-unsaturated/α-hetero) is 1. The van der Waals surface area contributed by atoms with E-state index in [-0.39, 0.29) is 40.5 Å². The Morgan fingerprint density at radius 3 is 1.82 bits per heavy atom. The minimum Gasteiger partial charge on any atom is -0.421 e. The fraction of sp³-hybridized carbons (Fsp3) is 0.154. The molecule has 0 aliphatic rings. The Morgan fingerprint density at radius 2 is 1.30 bits per heavy atom. The van der Waals surface area contributed by atoms with E-state index in [0.29, 0.717) is 12.0 Å². The second-order valence-corrected chi connectivity index (χ2v) is 7.18. The van der Waals surface area contributed by atoms with Crippen molar-refractivity contribution in [1.29, 1.82) is 0 Å². The summed E-state index contributed by atoms with van der Waals surface area (Å²) in [6.07, 6.45) is 0.781. The van der Waals surface area contributed by atoms with Gasteiger partial charge >= 0.3 is 11.9 Å². The molecule has 0 unspecified atom stereocenters. The Kier molecular flexibility index (Phi) is 7.70. The molecular weight excluding hydrogens is 422 g/mol. The first-order valence-corrected chi connectivity index (χ1v) is 10.4. The monoisotopic (exact) mass is 445 g/mol. The smallest absolute Gasteiger partial charge is 0.343 e. The van der Waals surface area contributed by atoms with Crippen LogP contribution in [-0.2, 0) is 4.79 Å². The van der Waals surface area contributed by atoms with Crippen LogP contribution < -0.4 is 14.8 Å². The van der Waals surface area contributed by atoms with Crippen LogP contribution in [0.3, 0.4) is 0 Å².